The van der Waals surface area contributed by atoms with Crippen LogP contribution in [-0.4, -0.2) is 10.9 Å². The van der Waals surface area contributed by atoms with Gasteiger partial charge in [0.2, 0.25) is 11.8 Å². The van der Waals surface area contributed by atoms with Gasteiger partial charge in [0, 0.05) is 10.4 Å². The van der Waals surface area contributed by atoms with Crippen LogP contribution in [0, 0.1) is 5.41 Å². The molecule has 3 rings (SSSR count). The fourth-order valence-corrected chi connectivity index (χ4v) is 2.27. The van der Waals surface area contributed by atoms with Gasteiger partial charge in [-0.15, -0.1) is 0 Å². The van der Waals surface area contributed by atoms with Gasteiger partial charge in [0.15, 0.2) is 5.58 Å². The average Bonchev–Trinajstić information content (AvgIpc) is 2.89. The molecule has 1 N–H and O–H groups in total. The molecule has 1 amide bonds. The van der Waals surface area contributed by atoms with Crippen LogP contribution in [0.3, 0.4) is 0 Å². The summed E-state index contributed by atoms with van der Waals surface area (Å²) in [6, 6.07) is 12.7. The summed E-state index contributed by atoms with van der Waals surface area (Å²) >= 11 is 5.99. The van der Waals surface area contributed by atoms with Crippen molar-refractivity contribution in [1.29, 1.82) is 0 Å². The highest BCUT2D eigenvalue weighted by Gasteiger charge is 2.23. The second-order valence-electron chi connectivity index (χ2n) is 6.38. The molecule has 1 aromatic heterocycles. The number of halogens is 1. The Hall–Kier alpha value is -2.33. The van der Waals surface area contributed by atoms with E-state index < -0.39 is 5.41 Å². The molecular formula is C18H17ClN2O2. The van der Waals surface area contributed by atoms with Gasteiger partial charge in [0.1, 0.15) is 5.52 Å². The van der Waals surface area contributed by atoms with Crippen molar-refractivity contribution in [2.45, 2.75) is 20.8 Å². The summed E-state index contributed by atoms with van der Waals surface area (Å²) in [7, 11) is 0. The van der Waals surface area contributed by atoms with Crippen molar-refractivity contribution >= 4 is 34.3 Å². The van der Waals surface area contributed by atoms with E-state index in [1.54, 1.807) is 18.2 Å². The summed E-state index contributed by atoms with van der Waals surface area (Å²) in [5.41, 5.74) is 2.26. The van der Waals surface area contributed by atoms with Crippen LogP contribution >= 0.6 is 11.6 Å². The molecule has 5 heteroatoms. The molecule has 0 spiro atoms. The second-order valence-corrected chi connectivity index (χ2v) is 6.82. The zero-order chi connectivity index (χ0) is 16.6. The number of anilines is 1. The molecule has 0 atom stereocenters. The molecule has 3 aromatic rings. The Morgan fingerprint density at radius 3 is 2.65 bits per heavy atom. The SMILES string of the molecule is CC(C)(C)C(=O)Nc1ccccc1-c1nc2cc(Cl)ccc2o1. The lowest BCUT2D eigenvalue weighted by molar-refractivity contribution is -0.123. The Morgan fingerprint density at radius 2 is 1.91 bits per heavy atom. The number of para-hydroxylation sites is 1. The van der Waals surface area contributed by atoms with Crippen LogP contribution in [0.1, 0.15) is 20.8 Å². The van der Waals surface area contributed by atoms with E-state index in [0.717, 1.165) is 5.56 Å². The molecule has 4 nitrogen and oxygen atoms in total. The maximum Gasteiger partial charge on any atom is 0.229 e. The van der Waals surface area contributed by atoms with Crippen LogP contribution in [0.25, 0.3) is 22.6 Å². The van der Waals surface area contributed by atoms with Gasteiger partial charge in [-0.3, -0.25) is 4.79 Å². The van der Waals surface area contributed by atoms with Crippen molar-refractivity contribution in [1.82, 2.24) is 4.98 Å². The normalized spacial score (nSPS) is 11.7. The quantitative estimate of drug-likeness (QED) is 0.709. The summed E-state index contributed by atoms with van der Waals surface area (Å²) in [4.78, 5) is 16.7. The maximum absolute atomic E-state index is 12.3. The molecule has 0 aliphatic heterocycles. The van der Waals surface area contributed by atoms with E-state index in [4.69, 9.17) is 16.0 Å². The van der Waals surface area contributed by atoms with Gasteiger partial charge in [-0.1, -0.05) is 44.5 Å². The fraction of sp³-hybridized carbons (Fsp3) is 0.222. The molecule has 0 radical (unpaired) electrons. The molecule has 118 valence electrons. The highest BCUT2D eigenvalue weighted by atomic mass is 35.5. The Balaban J connectivity index is 2.03. The first-order chi connectivity index (χ1) is 10.8. The van der Waals surface area contributed by atoms with Crippen LogP contribution in [-0.2, 0) is 4.79 Å². The minimum absolute atomic E-state index is 0.0656. The number of rotatable bonds is 2. The zero-order valence-corrected chi connectivity index (χ0v) is 13.9. The van der Waals surface area contributed by atoms with Crippen LogP contribution < -0.4 is 5.32 Å². The monoisotopic (exact) mass is 328 g/mol. The zero-order valence-electron chi connectivity index (χ0n) is 13.2. The second kappa shape index (κ2) is 5.70. The number of nitrogens with zero attached hydrogens (tertiary/aromatic N) is 1. The summed E-state index contributed by atoms with van der Waals surface area (Å²) in [6.45, 7) is 5.60. The third-order valence-corrected chi connectivity index (χ3v) is 3.67. The molecule has 0 saturated heterocycles. The number of carbonyl (C=O) groups is 1. The summed E-state index contributed by atoms with van der Waals surface area (Å²) < 4.78 is 5.80. The van der Waals surface area contributed by atoms with Crippen molar-refractivity contribution in [2.24, 2.45) is 5.41 Å². The van der Waals surface area contributed by atoms with E-state index in [9.17, 15) is 4.79 Å². The number of nitrogens with one attached hydrogen (secondary N) is 1. The first-order valence-electron chi connectivity index (χ1n) is 7.31. The van der Waals surface area contributed by atoms with Gasteiger partial charge in [-0.25, -0.2) is 4.98 Å². The standard InChI is InChI=1S/C18H17ClN2O2/c1-18(2,3)17(22)21-13-7-5-4-6-12(13)16-20-14-10-11(19)8-9-15(14)23-16/h4-10H,1-3H3,(H,21,22). The first kappa shape index (κ1) is 15.6. The van der Waals surface area contributed by atoms with Gasteiger partial charge < -0.3 is 9.73 Å². The van der Waals surface area contributed by atoms with E-state index in [1.807, 2.05) is 45.0 Å². The number of hydrogen-bond acceptors (Lipinski definition) is 3. The minimum atomic E-state index is -0.484. The lowest BCUT2D eigenvalue weighted by Gasteiger charge is -2.18. The Kier molecular flexibility index (Phi) is 3.86. The van der Waals surface area contributed by atoms with Crippen molar-refractivity contribution in [3.8, 4) is 11.5 Å². The molecule has 0 fully saturated rings. The molecule has 0 saturated carbocycles. The lowest BCUT2D eigenvalue weighted by atomic mass is 9.95. The van der Waals surface area contributed by atoms with Crippen molar-refractivity contribution < 1.29 is 9.21 Å². The van der Waals surface area contributed by atoms with Crippen LogP contribution in [0.15, 0.2) is 46.9 Å². The number of aromatic nitrogens is 1. The summed E-state index contributed by atoms with van der Waals surface area (Å²) in [5, 5.41) is 3.54. The largest absolute Gasteiger partial charge is 0.436 e. The molecule has 0 aliphatic rings. The van der Waals surface area contributed by atoms with E-state index in [0.29, 0.717) is 27.7 Å². The molecule has 1 heterocycles. The molecule has 0 bridgehead atoms. The third-order valence-electron chi connectivity index (χ3n) is 3.44. The fourth-order valence-electron chi connectivity index (χ4n) is 2.10. The van der Waals surface area contributed by atoms with E-state index in [1.165, 1.54) is 0 Å². The first-order valence-corrected chi connectivity index (χ1v) is 7.69. The van der Waals surface area contributed by atoms with Crippen LogP contribution in [0.4, 0.5) is 5.69 Å². The summed E-state index contributed by atoms with van der Waals surface area (Å²) in [6.07, 6.45) is 0. The molecule has 23 heavy (non-hydrogen) atoms. The molecule has 2 aromatic carbocycles. The Morgan fingerprint density at radius 1 is 1.17 bits per heavy atom. The van der Waals surface area contributed by atoms with Gasteiger partial charge in [-0.2, -0.15) is 0 Å². The van der Waals surface area contributed by atoms with Crippen LogP contribution in [0.2, 0.25) is 5.02 Å². The molecular weight excluding hydrogens is 312 g/mol. The van der Waals surface area contributed by atoms with Gasteiger partial charge in [-0.05, 0) is 30.3 Å². The topological polar surface area (TPSA) is 55.1 Å². The summed E-state index contributed by atoms with van der Waals surface area (Å²) in [5.74, 6) is 0.385. The van der Waals surface area contributed by atoms with Gasteiger partial charge in [0.25, 0.3) is 0 Å². The van der Waals surface area contributed by atoms with E-state index in [2.05, 4.69) is 10.3 Å². The maximum atomic E-state index is 12.3. The smallest absolute Gasteiger partial charge is 0.229 e. The van der Waals surface area contributed by atoms with Crippen molar-refractivity contribution in [2.75, 3.05) is 5.32 Å². The number of oxazole rings is 1. The predicted molar refractivity (Wildman–Crippen MR) is 92.5 cm³/mol. The minimum Gasteiger partial charge on any atom is -0.436 e. The third kappa shape index (κ3) is 3.22. The van der Waals surface area contributed by atoms with Gasteiger partial charge in [0.05, 0.1) is 11.3 Å². The van der Waals surface area contributed by atoms with Crippen LogP contribution in [0.5, 0.6) is 0 Å². The number of benzene rings is 2. The molecule has 0 aliphatic carbocycles. The number of hydrogen-bond donors (Lipinski definition) is 1. The number of amides is 1. The molecule has 0 unspecified atom stereocenters. The lowest BCUT2D eigenvalue weighted by Crippen LogP contribution is -2.27. The number of fused-ring (bicyclic) bond motifs is 1. The average molecular weight is 329 g/mol. The Labute approximate surface area is 139 Å². The van der Waals surface area contributed by atoms with E-state index in [-0.39, 0.29) is 5.91 Å². The van der Waals surface area contributed by atoms with Gasteiger partial charge >= 0.3 is 0 Å². The highest BCUT2D eigenvalue weighted by molar-refractivity contribution is 6.31. The number of carbonyl (C=O) groups excluding carboxylic acids is 1. The predicted octanol–water partition coefficient (Wildman–Crippen LogP) is 5.13. The Bertz CT molecular complexity index is 878. The van der Waals surface area contributed by atoms with Crippen molar-refractivity contribution in [3.63, 3.8) is 0 Å². The van der Waals surface area contributed by atoms with E-state index >= 15 is 0 Å². The van der Waals surface area contributed by atoms with Crippen molar-refractivity contribution in [3.05, 3.63) is 47.5 Å². The highest BCUT2D eigenvalue weighted by Crippen LogP contribution is 2.31.